The Labute approximate surface area is 149 Å². The summed E-state index contributed by atoms with van der Waals surface area (Å²) in [6, 6.07) is 5.54. The molecule has 3 heterocycles. The highest BCUT2D eigenvalue weighted by Crippen LogP contribution is 2.22. The van der Waals surface area contributed by atoms with Gasteiger partial charge < -0.3 is 10.2 Å². The number of piperidine rings is 1. The van der Waals surface area contributed by atoms with Crippen molar-refractivity contribution in [2.75, 3.05) is 31.5 Å². The molecule has 136 valence electrons. The van der Waals surface area contributed by atoms with Gasteiger partial charge in [0.2, 0.25) is 11.8 Å². The SMILES string of the molecule is Cc1cccc(NC(=O)C2CCN([C@@H](C)C(=O)N3CCCC3)CC2)n1. The van der Waals surface area contributed by atoms with Crippen LogP contribution in [0.2, 0.25) is 0 Å². The number of pyridine rings is 1. The number of hydrogen-bond donors (Lipinski definition) is 1. The van der Waals surface area contributed by atoms with Gasteiger partial charge in [0.1, 0.15) is 5.82 Å². The number of carbonyl (C=O) groups excluding carboxylic acids is 2. The number of anilines is 1. The summed E-state index contributed by atoms with van der Waals surface area (Å²) >= 11 is 0. The smallest absolute Gasteiger partial charge is 0.239 e. The normalized spacial score (nSPS) is 20.5. The van der Waals surface area contributed by atoms with Gasteiger partial charge in [0.05, 0.1) is 6.04 Å². The molecule has 2 saturated heterocycles. The number of rotatable bonds is 4. The number of hydrogen-bond acceptors (Lipinski definition) is 4. The molecule has 25 heavy (non-hydrogen) atoms. The van der Waals surface area contributed by atoms with Crippen molar-refractivity contribution < 1.29 is 9.59 Å². The minimum Gasteiger partial charge on any atom is -0.341 e. The van der Waals surface area contributed by atoms with Gasteiger partial charge >= 0.3 is 0 Å². The summed E-state index contributed by atoms with van der Waals surface area (Å²) in [4.78, 5) is 33.5. The summed E-state index contributed by atoms with van der Waals surface area (Å²) in [7, 11) is 0. The molecule has 2 aliphatic heterocycles. The lowest BCUT2D eigenvalue weighted by Gasteiger charge is -2.36. The summed E-state index contributed by atoms with van der Waals surface area (Å²) in [6.45, 7) is 7.28. The molecule has 0 aliphatic carbocycles. The van der Waals surface area contributed by atoms with E-state index in [1.807, 2.05) is 36.9 Å². The van der Waals surface area contributed by atoms with Crippen molar-refractivity contribution in [2.24, 2.45) is 5.92 Å². The fourth-order valence-corrected chi connectivity index (χ4v) is 3.75. The van der Waals surface area contributed by atoms with Crippen LogP contribution in [0.5, 0.6) is 0 Å². The van der Waals surface area contributed by atoms with E-state index >= 15 is 0 Å². The van der Waals surface area contributed by atoms with E-state index in [9.17, 15) is 9.59 Å². The van der Waals surface area contributed by atoms with Crippen molar-refractivity contribution in [3.63, 3.8) is 0 Å². The predicted molar refractivity (Wildman–Crippen MR) is 97.2 cm³/mol. The van der Waals surface area contributed by atoms with Crippen LogP contribution < -0.4 is 5.32 Å². The molecule has 1 atom stereocenters. The van der Waals surface area contributed by atoms with Crippen LogP contribution in [-0.4, -0.2) is 58.8 Å². The van der Waals surface area contributed by atoms with Gasteiger partial charge in [-0.15, -0.1) is 0 Å². The Morgan fingerprint density at radius 2 is 1.84 bits per heavy atom. The maximum Gasteiger partial charge on any atom is 0.239 e. The van der Waals surface area contributed by atoms with E-state index in [0.717, 1.165) is 57.6 Å². The van der Waals surface area contributed by atoms with E-state index in [4.69, 9.17) is 0 Å². The second-order valence-electron chi connectivity index (χ2n) is 7.17. The van der Waals surface area contributed by atoms with Gasteiger partial charge in [-0.3, -0.25) is 14.5 Å². The quantitative estimate of drug-likeness (QED) is 0.908. The van der Waals surface area contributed by atoms with E-state index in [2.05, 4.69) is 15.2 Å². The first-order valence-corrected chi connectivity index (χ1v) is 9.32. The third-order valence-corrected chi connectivity index (χ3v) is 5.36. The zero-order valence-corrected chi connectivity index (χ0v) is 15.2. The van der Waals surface area contributed by atoms with Gasteiger partial charge in [-0.1, -0.05) is 6.07 Å². The molecule has 2 amide bonds. The summed E-state index contributed by atoms with van der Waals surface area (Å²) in [6.07, 6.45) is 3.81. The molecule has 6 heteroatoms. The highest BCUT2D eigenvalue weighted by Gasteiger charge is 2.32. The van der Waals surface area contributed by atoms with Crippen molar-refractivity contribution >= 4 is 17.6 Å². The molecular weight excluding hydrogens is 316 g/mol. The molecule has 1 aromatic rings. The minimum atomic E-state index is -0.0828. The third-order valence-electron chi connectivity index (χ3n) is 5.36. The van der Waals surface area contributed by atoms with Crippen molar-refractivity contribution in [3.8, 4) is 0 Å². The fraction of sp³-hybridized carbons (Fsp3) is 0.632. The molecule has 0 saturated carbocycles. The summed E-state index contributed by atoms with van der Waals surface area (Å²) in [5.74, 6) is 0.887. The fourth-order valence-electron chi connectivity index (χ4n) is 3.75. The second kappa shape index (κ2) is 7.95. The molecule has 6 nitrogen and oxygen atoms in total. The molecule has 0 spiro atoms. The van der Waals surface area contributed by atoms with Gasteiger partial charge in [0.25, 0.3) is 0 Å². The number of aryl methyl sites for hydroxylation is 1. The predicted octanol–water partition coefficient (Wildman–Crippen LogP) is 2.05. The second-order valence-corrected chi connectivity index (χ2v) is 7.17. The van der Waals surface area contributed by atoms with Crippen LogP contribution in [0.1, 0.15) is 38.3 Å². The zero-order valence-electron chi connectivity index (χ0n) is 15.2. The van der Waals surface area contributed by atoms with Gasteiger partial charge in [0.15, 0.2) is 0 Å². The average molecular weight is 344 g/mol. The topological polar surface area (TPSA) is 65.5 Å². The Bertz CT molecular complexity index is 620. The number of nitrogens with zero attached hydrogens (tertiary/aromatic N) is 3. The third kappa shape index (κ3) is 4.37. The van der Waals surface area contributed by atoms with E-state index < -0.39 is 0 Å². The van der Waals surface area contributed by atoms with Gasteiger partial charge in [0, 0.05) is 24.7 Å². The van der Waals surface area contributed by atoms with E-state index in [1.165, 1.54) is 0 Å². The lowest BCUT2D eigenvalue weighted by atomic mass is 9.95. The molecule has 0 aromatic carbocycles. The molecule has 1 aromatic heterocycles. The molecule has 1 N–H and O–H groups in total. The molecule has 0 radical (unpaired) electrons. The standard InChI is InChI=1S/C19H28N4O2/c1-14-6-5-7-17(20-14)21-18(24)16-8-12-22(13-9-16)15(2)19(25)23-10-3-4-11-23/h5-7,15-16H,3-4,8-13H2,1-2H3,(H,20,21,24)/t15-/m0/s1. The summed E-state index contributed by atoms with van der Waals surface area (Å²) < 4.78 is 0. The first-order valence-electron chi connectivity index (χ1n) is 9.32. The zero-order chi connectivity index (χ0) is 17.8. The molecule has 0 bridgehead atoms. The Morgan fingerprint density at radius 3 is 2.48 bits per heavy atom. The number of likely N-dealkylation sites (tertiary alicyclic amines) is 2. The first-order chi connectivity index (χ1) is 12.0. The van der Waals surface area contributed by atoms with Crippen LogP contribution in [0, 0.1) is 12.8 Å². The number of nitrogens with one attached hydrogen (secondary N) is 1. The average Bonchev–Trinajstić information content (AvgIpc) is 3.15. The lowest BCUT2D eigenvalue weighted by molar-refractivity contribution is -0.136. The molecule has 2 aliphatic rings. The van der Waals surface area contributed by atoms with E-state index in [1.54, 1.807) is 0 Å². The van der Waals surface area contributed by atoms with Crippen LogP contribution in [0.15, 0.2) is 18.2 Å². The van der Waals surface area contributed by atoms with Crippen LogP contribution >= 0.6 is 0 Å². The Morgan fingerprint density at radius 1 is 1.16 bits per heavy atom. The van der Waals surface area contributed by atoms with Crippen LogP contribution in [0.4, 0.5) is 5.82 Å². The highest BCUT2D eigenvalue weighted by atomic mass is 16.2. The number of amides is 2. The molecule has 2 fully saturated rings. The van der Waals surface area contributed by atoms with E-state index in [0.29, 0.717) is 5.82 Å². The molecular formula is C19H28N4O2. The number of carbonyl (C=O) groups is 2. The Balaban J connectivity index is 1.49. The van der Waals surface area contributed by atoms with Gasteiger partial charge in [-0.05, 0) is 64.8 Å². The summed E-state index contributed by atoms with van der Waals surface area (Å²) in [5.41, 5.74) is 0.891. The first kappa shape index (κ1) is 17.9. The highest BCUT2D eigenvalue weighted by molar-refractivity contribution is 5.91. The van der Waals surface area contributed by atoms with Crippen LogP contribution in [0.25, 0.3) is 0 Å². The van der Waals surface area contributed by atoms with Gasteiger partial charge in [-0.2, -0.15) is 0 Å². The minimum absolute atomic E-state index is 0.00680. The number of aromatic nitrogens is 1. The van der Waals surface area contributed by atoms with Crippen molar-refractivity contribution in [1.29, 1.82) is 0 Å². The van der Waals surface area contributed by atoms with E-state index in [-0.39, 0.29) is 23.8 Å². The van der Waals surface area contributed by atoms with Crippen molar-refractivity contribution in [1.82, 2.24) is 14.8 Å². The maximum atomic E-state index is 12.5. The van der Waals surface area contributed by atoms with Gasteiger partial charge in [-0.25, -0.2) is 4.98 Å². The molecule has 0 unspecified atom stereocenters. The van der Waals surface area contributed by atoms with Crippen molar-refractivity contribution in [3.05, 3.63) is 23.9 Å². The lowest BCUT2D eigenvalue weighted by Crippen LogP contribution is -2.50. The Kier molecular flexibility index (Phi) is 5.68. The summed E-state index contributed by atoms with van der Waals surface area (Å²) in [5, 5.41) is 2.92. The maximum absolute atomic E-state index is 12.5. The Hall–Kier alpha value is -1.95. The van der Waals surface area contributed by atoms with Crippen LogP contribution in [0.3, 0.4) is 0 Å². The largest absolute Gasteiger partial charge is 0.341 e. The van der Waals surface area contributed by atoms with Crippen LogP contribution in [-0.2, 0) is 9.59 Å². The monoisotopic (exact) mass is 344 g/mol. The van der Waals surface area contributed by atoms with Crippen molar-refractivity contribution in [2.45, 2.75) is 45.6 Å². The molecule has 3 rings (SSSR count).